The lowest BCUT2D eigenvalue weighted by atomic mass is 10.3. The van der Waals surface area contributed by atoms with E-state index in [1.54, 1.807) is 6.07 Å². The standard InChI is InChI=1S/C13H17N5O2/c1-17(7-6-14-9-2-3-9)13-15-11-5-4-10(18(19)20)8-12(11)16-13/h4-5,8-9,14H,2-3,6-7H2,1H3,(H,15,16). The Bertz CT molecular complexity index is 635. The van der Waals surface area contributed by atoms with Gasteiger partial charge in [-0.15, -0.1) is 0 Å². The molecule has 0 unspecified atom stereocenters. The van der Waals surface area contributed by atoms with E-state index >= 15 is 0 Å². The molecule has 106 valence electrons. The van der Waals surface area contributed by atoms with Gasteiger partial charge >= 0.3 is 0 Å². The molecule has 0 bridgehead atoms. The van der Waals surface area contributed by atoms with E-state index in [9.17, 15) is 10.1 Å². The largest absolute Gasteiger partial charge is 0.344 e. The van der Waals surface area contributed by atoms with Crippen LogP contribution in [0.15, 0.2) is 18.2 Å². The Kier molecular flexibility index (Phi) is 3.27. The normalized spacial score (nSPS) is 14.7. The molecule has 0 amide bonds. The Morgan fingerprint density at radius 1 is 1.55 bits per heavy atom. The van der Waals surface area contributed by atoms with Crippen molar-refractivity contribution in [1.29, 1.82) is 0 Å². The van der Waals surface area contributed by atoms with Gasteiger partial charge in [0.05, 0.1) is 16.0 Å². The van der Waals surface area contributed by atoms with E-state index in [0.29, 0.717) is 11.6 Å². The highest BCUT2D eigenvalue weighted by atomic mass is 16.6. The summed E-state index contributed by atoms with van der Waals surface area (Å²) in [5, 5.41) is 14.2. The van der Waals surface area contributed by atoms with Crippen LogP contribution in [0, 0.1) is 10.1 Å². The molecule has 1 fully saturated rings. The number of nitro benzene ring substituents is 1. The minimum Gasteiger partial charge on any atom is -0.344 e. The van der Waals surface area contributed by atoms with E-state index in [4.69, 9.17) is 0 Å². The van der Waals surface area contributed by atoms with Crippen LogP contribution in [-0.4, -0.2) is 41.1 Å². The number of anilines is 1. The van der Waals surface area contributed by atoms with Crippen LogP contribution < -0.4 is 10.2 Å². The third-order valence-corrected chi connectivity index (χ3v) is 3.48. The molecule has 7 nitrogen and oxygen atoms in total. The van der Waals surface area contributed by atoms with E-state index in [0.717, 1.165) is 24.6 Å². The fourth-order valence-corrected chi connectivity index (χ4v) is 2.11. The summed E-state index contributed by atoms with van der Waals surface area (Å²) in [5.74, 6) is 0.734. The molecule has 20 heavy (non-hydrogen) atoms. The van der Waals surface area contributed by atoms with Crippen molar-refractivity contribution in [2.24, 2.45) is 0 Å². The fourth-order valence-electron chi connectivity index (χ4n) is 2.11. The number of aromatic nitrogens is 2. The molecule has 0 radical (unpaired) electrons. The molecule has 1 aliphatic rings. The molecule has 0 atom stereocenters. The Hall–Kier alpha value is -2.15. The predicted molar refractivity (Wildman–Crippen MR) is 77.0 cm³/mol. The zero-order valence-electron chi connectivity index (χ0n) is 11.3. The molecule has 1 aromatic heterocycles. The van der Waals surface area contributed by atoms with Crippen LogP contribution in [0.5, 0.6) is 0 Å². The molecule has 0 aliphatic heterocycles. The smallest absolute Gasteiger partial charge is 0.271 e. The first-order valence-electron chi connectivity index (χ1n) is 6.72. The SMILES string of the molecule is CN(CCNC1CC1)c1nc2ccc([N+](=O)[O-])cc2[nH]1. The number of benzene rings is 1. The van der Waals surface area contributed by atoms with Crippen molar-refractivity contribution in [2.75, 3.05) is 25.0 Å². The average Bonchev–Trinajstić information content (AvgIpc) is 3.14. The zero-order chi connectivity index (χ0) is 14.1. The maximum absolute atomic E-state index is 10.7. The molecule has 1 aliphatic carbocycles. The number of imidazole rings is 1. The van der Waals surface area contributed by atoms with Crippen molar-refractivity contribution in [1.82, 2.24) is 15.3 Å². The van der Waals surface area contributed by atoms with Gasteiger partial charge in [0.2, 0.25) is 5.95 Å². The number of nitrogens with zero attached hydrogens (tertiary/aromatic N) is 3. The van der Waals surface area contributed by atoms with E-state index in [-0.39, 0.29) is 5.69 Å². The minimum absolute atomic E-state index is 0.0748. The van der Waals surface area contributed by atoms with Gasteiger partial charge in [-0.1, -0.05) is 0 Å². The molecule has 1 heterocycles. The van der Waals surface area contributed by atoms with Crippen molar-refractivity contribution >= 4 is 22.7 Å². The fraction of sp³-hybridized carbons (Fsp3) is 0.462. The number of aromatic amines is 1. The second kappa shape index (κ2) is 5.09. The summed E-state index contributed by atoms with van der Waals surface area (Å²) in [5.41, 5.74) is 1.51. The maximum atomic E-state index is 10.7. The van der Waals surface area contributed by atoms with Gasteiger partial charge in [-0.05, 0) is 18.9 Å². The van der Waals surface area contributed by atoms with Gasteiger partial charge in [-0.2, -0.15) is 0 Å². The van der Waals surface area contributed by atoms with Crippen LogP contribution in [0.1, 0.15) is 12.8 Å². The second-order valence-electron chi connectivity index (χ2n) is 5.17. The molecule has 7 heteroatoms. The number of hydrogen-bond acceptors (Lipinski definition) is 5. The number of nitro groups is 1. The van der Waals surface area contributed by atoms with Gasteiger partial charge in [0.1, 0.15) is 0 Å². The van der Waals surface area contributed by atoms with Crippen LogP contribution in [0.3, 0.4) is 0 Å². The molecule has 3 rings (SSSR count). The average molecular weight is 275 g/mol. The molecule has 1 saturated carbocycles. The highest BCUT2D eigenvalue weighted by Gasteiger charge is 2.20. The Morgan fingerprint density at radius 3 is 3.05 bits per heavy atom. The third-order valence-electron chi connectivity index (χ3n) is 3.48. The minimum atomic E-state index is -0.400. The summed E-state index contributed by atoms with van der Waals surface area (Å²) in [6.07, 6.45) is 2.55. The van der Waals surface area contributed by atoms with Crippen molar-refractivity contribution in [3.05, 3.63) is 28.3 Å². The number of H-pyrrole nitrogens is 1. The van der Waals surface area contributed by atoms with Crippen molar-refractivity contribution in [3.63, 3.8) is 0 Å². The summed E-state index contributed by atoms with van der Waals surface area (Å²) in [4.78, 5) is 19.9. The first-order valence-corrected chi connectivity index (χ1v) is 6.72. The number of non-ortho nitro benzene ring substituents is 1. The number of fused-ring (bicyclic) bond motifs is 1. The predicted octanol–water partition coefficient (Wildman–Crippen LogP) is 1.66. The Labute approximate surface area is 116 Å². The first kappa shape index (κ1) is 12.9. The molecule has 1 aromatic carbocycles. The Morgan fingerprint density at radius 2 is 2.35 bits per heavy atom. The maximum Gasteiger partial charge on any atom is 0.271 e. The lowest BCUT2D eigenvalue weighted by molar-refractivity contribution is -0.384. The summed E-state index contributed by atoms with van der Waals surface area (Å²) >= 11 is 0. The van der Waals surface area contributed by atoms with Crippen LogP contribution in [-0.2, 0) is 0 Å². The number of nitrogens with one attached hydrogen (secondary N) is 2. The molecule has 2 N–H and O–H groups in total. The van der Waals surface area contributed by atoms with Crippen molar-refractivity contribution in [3.8, 4) is 0 Å². The molecular formula is C13H17N5O2. The summed E-state index contributed by atoms with van der Waals surface area (Å²) in [7, 11) is 1.96. The molecule has 0 saturated heterocycles. The topological polar surface area (TPSA) is 87.1 Å². The van der Waals surface area contributed by atoms with Crippen molar-refractivity contribution < 1.29 is 4.92 Å². The van der Waals surface area contributed by atoms with Crippen LogP contribution >= 0.6 is 0 Å². The lowest BCUT2D eigenvalue weighted by Crippen LogP contribution is -2.30. The third kappa shape index (κ3) is 2.72. The van der Waals surface area contributed by atoms with Crippen LogP contribution in [0.2, 0.25) is 0 Å². The van der Waals surface area contributed by atoms with E-state index < -0.39 is 4.92 Å². The molecule has 0 spiro atoms. The monoisotopic (exact) mass is 275 g/mol. The van der Waals surface area contributed by atoms with Crippen LogP contribution in [0.25, 0.3) is 11.0 Å². The highest BCUT2D eigenvalue weighted by molar-refractivity contribution is 5.80. The van der Waals surface area contributed by atoms with E-state index in [1.165, 1.54) is 25.0 Å². The molecular weight excluding hydrogens is 258 g/mol. The second-order valence-corrected chi connectivity index (χ2v) is 5.17. The van der Waals surface area contributed by atoms with E-state index in [2.05, 4.69) is 15.3 Å². The first-order chi connectivity index (χ1) is 9.63. The zero-order valence-corrected chi connectivity index (χ0v) is 11.3. The summed E-state index contributed by atoms with van der Waals surface area (Å²) < 4.78 is 0. The van der Waals surface area contributed by atoms with Gasteiger partial charge in [-0.25, -0.2) is 4.98 Å². The summed E-state index contributed by atoms with van der Waals surface area (Å²) in [6.45, 7) is 1.76. The van der Waals surface area contributed by atoms with Gasteiger partial charge < -0.3 is 15.2 Å². The highest BCUT2D eigenvalue weighted by Crippen LogP contribution is 2.22. The van der Waals surface area contributed by atoms with Gasteiger partial charge in [0.15, 0.2) is 0 Å². The lowest BCUT2D eigenvalue weighted by Gasteiger charge is -2.15. The quantitative estimate of drug-likeness (QED) is 0.618. The van der Waals surface area contributed by atoms with Gasteiger partial charge in [-0.3, -0.25) is 10.1 Å². The van der Waals surface area contributed by atoms with Crippen molar-refractivity contribution in [2.45, 2.75) is 18.9 Å². The number of hydrogen-bond donors (Lipinski definition) is 2. The van der Waals surface area contributed by atoms with E-state index in [1.807, 2.05) is 11.9 Å². The number of rotatable bonds is 6. The van der Waals surface area contributed by atoms with Gasteiger partial charge in [0, 0.05) is 38.3 Å². The van der Waals surface area contributed by atoms with Gasteiger partial charge in [0.25, 0.3) is 5.69 Å². The number of likely N-dealkylation sites (N-methyl/N-ethyl adjacent to an activating group) is 1. The summed E-state index contributed by atoms with van der Waals surface area (Å²) in [6, 6.07) is 5.36. The Balaban J connectivity index is 1.71. The molecule has 2 aromatic rings. The van der Waals surface area contributed by atoms with Crippen LogP contribution in [0.4, 0.5) is 11.6 Å².